The van der Waals surface area contributed by atoms with Gasteiger partial charge in [0.25, 0.3) is 0 Å². The standard InChI is InChI=1S/C29H34N2O3/c1-21-7-9-22(10-8-21)29(32)13-17-31(18-14-29)16-4-6-24-25-5-3-15-30-27(25)20-34-28-12-11-23(33-2)19-26(24)28/h3,5-12,15,19,25,27,32H,4,13-14,16-18,20H2,1-2H3/b24-6+. The van der Waals surface area contributed by atoms with Crippen LogP contribution in [0.5, 0.6) is 11.5 Å². The molecule has 2 unspecified atom stereocenters. The molecular formula is C29H34N2O3. The van der Waals surface area contributed by atoms with Crippen molar-refractivity contribution in [1.29, 1.82) is 0 Å². The first kappa shape index (κ1) is 22.9. The van der Waals surface area contributed by atoms with Crippen LogP contribution < -0.4 is 9.47 Å². The highest BCUT2D eigenvalue weighted by Crippen LogP contribution is 2.41. The maximum Gasteiger partial charge on any atom is 0.127 e. The molecule has 0 bridgehead atoms. The van der Waals surface area contributed by atoms with Gasteiger partial charge in [-0.15, -0.1) is 0 Å². The van der Waals surface area contributed by atoms with Crippen molar-refractivity contribution in [1.82, 2.24) is 4.90 Å². The van der Waals surface area contributed by atoms with Crippen molar-refractivity contribution in [3.63, 3.8) is 0 Å². The molecule has 0 radical (unpaired) electrons. The van der Waals surface area contributed by atoms with Gasteiger partial charge in [-0.1, -0.05) is 42.0 Å². The van der Waals surface area contributed by atoms with Crippen LogP contribution >= 0.6 is 0 Å². The van der Waals surface area contributed by atoms with Crippen molar-refractivity contribution in [2.24, 2.45) is 10.9 Å². The van der Waals surface area contributed by atoms with E-state index in [-0.39, 0.29) is 12.0 Å². The van der Waals surface area contributed by atoms with Gasteiger partial charge in [0.15, 0.2) is 0 Å². The van der Waals surface area contributed by atoms with Gasteiger partial charge in [0, 0.05) is 37.3 Å². The highest BCUT2D eigenvalue weighted by molar-refractivity contribution is 5.80. The molecule has 3 heterocycles. The van der Waals surface area contributed by atoms with E-state index in [1.165, 1.54) is 11.1 Å². The Kier molecular flexibility index (Phi) is 6.57. The van der Waals surface area contributed by atoms with E-state index in [1.54, 1.807) is 7.11 Å². The van der Waals surface area contributed by atoms with Crippen LogP contribution in [0.15, 0.2) is 65.7 Å². The Labute approximate surface area is 202 Å². The summed E-state index contributed by atoms with van der Waals surface area (Å²) in [5.74, 6) is 1.93. The van der Waals surface area contributed by atoms with Crippen LogP contribution in [-0.2, 0) is 5.60 Å². The topological polar surface area (TPSA) is 54.3 Å². The van der Waals surface area contributed by atoms with E-state index in [4.69, 9.17) is 9.47 Å². The van der Waals surface area contributed by atoms with Crippen molar-refractivity contribution >= 4 is 11.8 Å². The number of aliphatic hydroxyl groups is 1. The highest BCUT2D eigenvalue weighted by atomic mass is 16.5. The molecule has 2 aromatic rings. The average Bonchev–Trinajstić information content (AvgIpc) is 3.02. The second-order valence-corrected chi connectivity index (χ2v) is 9.64. The number of dihydropyridines is 1. The zero-order valence-electron chi connectivity index (χ0n) is 20.1. The largest absolute Gasteiger partial charge is 0.497 e. The van der Waals surface area contributed by atoms with Crippen molar-refractivity contribution in [3.8, 4) is 11.5 Å². The minimum Gasteiger partial charge on any atom is -0.497 e. The van der Waals surface area contributed by atoms with E-state index in [9.17, 15) is 5.11 Å². The van der Waals surface area contributed by atoms with Crippen LogP contribution in [0.25, 0.3) is 5.57 Å². The third-order valence-electron chi connectivity index (χ3n) is 7.44. The van der Waals surface area contributed by atoms with Gasteiger partial charge in [-0.2, -0.15) is 0 Å². The number of nitrogens with zero attached hydrogens (tertiary/aromatic N) is 2. The first-order chi connectivity index (χ1) is 16.6. The summed E-state index contributed by atoms with van der Waals surface area (Å²) in [7, 11) is 1.70. The predicted molar refractivity (Wildman–Crippen MR) is 137 cm³/mol. The molecule has 3 aliphatic heterocycles. The molecule has 2 atom stereocenters. The molecule has 0 amide bonds. The fourth-order valence-electron chi connectivity index (χ4n) is 5.30. The van der Waals surface area contributed by atoms with Crippen LogP contribution in [0.4, 0.5) is 0 Å². The van der Waals surface area contributed by atoms with Crippen LogP contribution in [0.1, 0.15) is 36.0 Å². The molecule has 34 heavy (non-hydrogen) atoms. The summed E-state index contributed by atoms with van der Waals surface area (Å²) in [4.78, 5) is 7.15. The van der Waals surface area contributed by atoms with Crippen LogP contribution in [0.2, 0.25) is 0 Å². The van der Waals surface area contributed by atoms with Crippen molar-refractivity contribution in [2.45, 2.75) is 37.8 Å². The summed E-state index contributed by atoms with van der Waals surface area (Å²) < 4.78 is 11.6. The van der Waals surface area contributed by atoms with Crippen molar-refractivity contribution < 1.29 is 14.6 Å². The van der Waals surface area contributed by atoms with Crippen molar-refractivity contribution in [2.75, 3.05) is 33.4 Å². The Morgan fingerprint density at radius 2 is 1.97 bits per heavy atom. The number of fused-ring (bicyclic) bond motifs is 2. The summed E-state index contributed by atoms with van der Waals surface area (Å²) in [5.41, 5.74) is 3.91. The van der Waals surface area contributed by atoms with E-state index in [1.807, 2.05) is 24.4 Å². The van der Waals surface area contributed by atoms with Crippen molar-refractivity contribution in [3.05, 3.63) is 77.4 Å². The summed E-state index contributed by atoms with van der Waals surface area (Å²) >= 11 is 0. The Balaban J connectivity index is 1.29. The van der Waals surface area contributed by atoms with Crippen LogP contribution in [-0.4, -0.2) is 55.6 Å². The van der Waals surface area contributed by atoms with Crippen LogP contribution in [0, 0.1) is 12.8 Å². The minimum absolute atomic E-state index is 0.0918. The Morgan fingerprint density at radius 3 is 2.74 bits per heavy atom. The molecule has 0 spiro atoms. The van der Waals surface area contributed by atoms with E-state index in [2.05, 4.69) is 59.3 Å². The van der Waals surface area contributed by atoms with E-state index >= 15 is 0 Å². The first-order valence-corrected chi connectivity index (χ1v) is 12.3. The van der Waals surface area contributed by atoms with Gasteiger partial charge < -0.3 is 19.5 Å². The number of hydrogen-bond acceptors (Lipinski definition) is 5. The smallest absolute Gasteiger partial charge is 0.127 e. The van der Waals surface area contributed by atoms with E-state index in [0.29, 0.717) is 6.61 Å². The molecule has 5 rings (SSSR count). The molecule has 0 aromatic heterocycles. The molecule has 3 aliphatic rings. The lowest BCUT2D eigenvalue weighted by Crippen LogP contribution is -2.42. The van der Waals surface area contributed by atoms with Gasteiger partial charge >= 0.3 is 0 Å². The summed E-state index contributed by atoms with van der Waals surface area (Å²) in [5, 5.41) is 11.2. The molecule has 1 saturated heterocycles. The fraction of sp³-hybridized carbons (Fsp3) is 0.414. The third kappa shape index (κ3) is 4.68. The number of aryl methyl sites for hydroxylation is 1. The van der Waals surface area contributed by atoms with Gasteiger partial charge in [-0.3, -0.25) is 4.99 Å². The Hall–Kier alpha value is -2.89. The molecule has 1 fully saturated rings. The number of ether oxygens (including phenoxy) is 2. The summed E-state index contributed by atoms with van der Waals surface area (Å²) in [6, 6.07) is 14.5. The maximum atomic E-state index is 11.2. The fourth-order valence-corrected chi connectivity index (χ4v) is 5.30. The second-order valence-electron chi connectivity index (χ2n) is 9.64. The van der Waals surface area contributed by atoms with Crippen LogP contribution in [0.3, 0.4) is 0 Å². The molecular weight excluding hydrogens is 424 g/mol. The lowest BCUT2D eigenvalue weighted by molar-refractivity contribution is -0.0254. The minimum atomic E-state index is -0.713. The zero-order valence-corrected chi connectivity index (χ0v) is 20.1. The lowest BCUT2D eigenvalue weighted by atomic mass is 9.84. The number of piperidine rings is 1. The molecule has 0 saturated carbocycles. The normalized spacial score (nSPS) is 24.7. The second kappa shape index (κ2) is 9.77. The van der Waals surface area contributed by atoms with Gasteiger partial charge in [0.05, 0.1) is 18.8 Å². The average molecular weight is 459 g/mol. The number of methoxy groups -OCH3 is 1. The van der Waals surface area contributed by atoms with Gasteiger partial charge in [-0.25, -0.2) is 0 Å². The first-order valence-electron chi connectivity index (χ1n) is 12.3. The molecule has 2 aromatic carbocycles. The quantitative estimate of drug-likeness (QED) is 0.701. The van der Waals surface area contributed by atoms with Gasteiger partial charge in [-0.05, 0) is 61.6 Å². The van der Waals surface area contributed by atoms with Gasteiger partial charge in [0.2, 0.25) is 0 Å². The Bertz CT molecular complexity index is 1090. The third-order valence-corrected chi connectivity index (χ3v) is 7.44. The monoisotopic (exact) mass is 458 g/mol. The SMILES string of the molecule is COc1ccc2c(c1)/C(=C/CCN1CCC(O)(c3ccc(C)cc3)CC1)C1C=CC=NC1CO2. The number of likely N-dealkylation sites (tertiary alicyclic amines) is 1. The number of hydrogen-bond donors (Lipinski definition) is 1. The molecule has 5 nitrogen and oxygen atoms in total. The number of aliphatic imine (C=N–C) groups is 1. The number of rotatable bonds is 5. The summed E-state index contributed by atoms with van der Waals surface area (Å²) in [6.45, 7) is 5.43. The maximum absolute atomic E-state index is 11.2. The predicted octanol–water partition coefficient (Wildman–Crippen LogP) is 4.78. The lowest BCUT2D eigenvalue weighted by Gasteiger charge is -2.38. The zero-order chi connectivity index (χ0) is 23.5. The molecule has 0 aliphatic carbocycles. The number of benzene rings is 2. The van der Waals surface area contributed by atoms with E-state index in [0.717, 1.165) is 61.5 Å². The Morgan fingerprint density at radius 1 is 1.18 bits per heavy atom. The molecule has 1 N–H and O–H groups in total. The molecule has 178 valence electrons. The molecule has 5 heteroatoms. The van der Waals surface area contributed by atoms with Gasteiger partial charge in [0.1, 0.15) is 18.1 Å². The van der Waals surface area contributed by atoms with E-state index < -0.39 is 5.60 Å². The summed E-state index contributed by atoms with van der Waals surface area (Å²) in [6.07, 6.45) is 11.0. The number of allylic oxidation sites excluding steroid dienone is 1. The highest BCUT2D eigenvalue weighted by Gasteiger charge is 2.34.